The minimum absolute atomic E-state index is 0.181. The van der Waals surface area contributed by atoms with Crippen LogP contribution in [0.25, 0.3) is 0 Å². The van der Waals surface area contributed by atoms with Crippen molar-refractivity contribution >= 4 is 38.7 Å². The quantitative estimate of drug-likeness (QED) is 0.701. The molecule has 124 valence electrons. The predicted octanol–water partition coefficient (Wildman–Crippen LogP) is 3.64. The van der Waals surface area contributed by atoms with E-state index >= 15 is 0 Å². The fraction of sp³-hybridized carbons (Fsp3) is 0.125. The highest BCUT2D eigenvalue weighted by Crippen LogP contribution is 2.24. The molecule has 2 heterocycles. The van der Waals surface area contributed by atoms with Crippen LogP contribution in [0.5, 0.6) is 0 Å². The van der Waals surface area contributed by atoms with Crippen LogP contribution in [0, 0.1) is 0 Å². The third kappa shape index (κ3) is 3.90. The minimum atomic E-state index is -3.63. The van der Waals surface area contributed by atoms with Crippen LogP contribution in [0.1, 0.15) is 11.8 Å². The monoisotopic (exact) mass is 360 g/mol. The van der Waals surface area contributed by atoms with Gasteiger partial charge in [-0.25, -0.2) is 8.42 Å². The average Bonchev–Trinajstić information content (AvgIpc) is 3.08. The summed E-state index contributed by atoms with van der Waals surface area (Å²) in [6.45, 7) is 1.99. The number of nitrogens with zero attached hydrogens (tertiary/aromatic N) is 2. The Morgan fingerprint density at radius 3 is 2.29 bits per heavy atom. The van der Waals surface area contributed by atoms with Gasteiger partial charge >= 0.3 is 0 Å². The molecule has 2 N–H and O–H groups in total. The lowest BCUT2D eigenvalue weighted by Gasteiger charge is -2.07. The molecule has 0 aliphatic carbocycles. The fourth-order valence-corrected chi connectivity index (χ4v) is 4.30. The molecule has 0 saturated heterocycles. The number of nitrogens with one attached hydrogen (secondary N) is 2. The lowest BCUT2D eigenvalue weighted by atomic mass is 10.3. The maximum Gasteiger partial charge on any atom is 0.272 e. The number of hydrogen-bond acceptors (Lipinski definition) is 6. The van der Waals surface area contributed by atoms with E-state index in [0.717, 1.165) is 17.0 Å². The summed E-state index contributed by atoms with van der Waals surface area (Å²) in [4.78, 5) is 1.02. The van der Waals surface area contributed by atoms with E-state index in [0.29, 0.717) is 5.82 Å². The fourth-order valence-electron chi connectivity index (χ4n) is 2.00. The molecule has 0 atom stereocenters. The summed E-state index contributed by atoms with van der Waals surface area (Å²) in [6, 6.07) is 16.2. The molecule has 6 nitrogen and oxygen atoms in total. The van der Waals surface area contributed by atoms with E-state index in [1.807, 2.05) is 43.3 Å². The Kier molecular flexibility index (Phi) is 4.77. The second-order valence-electron chi connectivity index (χ2n) is 4.97. The molecule has 0 bridgehead atoms. The number of aryl methyl sites for hydroxylation is 1. The van der Waals surface area contributed by atoms with Gasteiger partial charge in [0.05, 0.1) is 0 Å². The topological polar surface area (TPSA) is 84.0 Å². The van der Waals surface area contributed by atoms with Crippen LogP contribution < -0.4 is 10.0 Å². The lowest BCUT2D eigenvalue weighted by molar-refractivity contribution is 0.603. The van der Waals surface area contributed by atoms with Gasteiger partial charge in [-0.15, -0.1) is 21.5 Å². The SMILES string of the molecule is CCc1ccc(S(=O)(=O)Nc2ccc(Nc3ccccc3)nn2)s1. The standard InChI is InChI=1S/C16H16N4O2S2/c1-2-13-8-11-16(23-13)24(21,22)20-15-10-9-14(18-19-15)17-12-6-4-3-5-7-12/h3-11H,2H2,1H3,(H,17,18)(H,19,20). The number of rotatable bonds is 6. The van der Waals surface area contributed by atoms with Gasteiger partial charge in [0.1, 0.15) is 4.21 Å². The Labute approximate surface area is 144 Å². The maximum absolute atomic E-state index is 12.3. The molecular formula is C16H16N4O2S2. The Hall–Kier alpha value is -2.45. The van der Waals surface area contributed by atoms with Crippen molar-refractivity contribution in [2.45, 2.75) is 17.6 Å². The minimum Gasteiger partial charge on any atom is -0.339 e. The smallest absolute Gasteiger partial charge is 0.272 e. The van der Waals surface area contributed by atoms with Gasteiger partial charge in [-0.1, -0.05) is 25.1 Å². The first-order valence-electron chi connectivity index (χ1n) is 7.34. The van der Waals surface area contributed by atoms with Gasteiger partial charge in [-0.05, 0) is 42.8 Å². The summed E-state index contributed by atoms with van der Waals surface area (Å²) in [5.74, 6) is 0.716. The van der Waals surface area contributed by atoms with Crippen LogP contribution in [0.2, 0.25) is 0 Å². The van der Waals surface area contributed by atoms with Crippen molar-refractivity contribution < 1.29 is 8.42 Å². The van der Waals surface area contributed by atoms with Gasteiger partial charge in [0, 0.05) is 10.6 Å². The second-order valence-corrected chi connectivity index (χ2v) is 8.05. The predicted molar refractivity (Wildman–Crippen MR) is 96.3 cm³/mol. The Bertz CT molecular complexity index is 907. The third-order valence-corrected chi connectivity index (χ3v) is 6.28. The van der Waals surface area contributed by atoms with E-state index in [1.165, 1.54) is 11.3 Å². The van der Waals surface area contributed by atoms with E-state index in [2.05, 4.69) is 20.2 Å². The summed E-state index contributed by atoms with van der Waals surface area (Å²) in [5, 5.41) is 11.0. The van der Waals surface area contributed by atoms with E-state index < -0.39 is 10.0 Å². The van der Waals surface area contributed by atoms with Gasteiger partial charge in [-0.3, -0.25) is 4.72 Å². The molecule has 1 aromatic carbocycles. The second kappa shape index (κ2) is 6.98. The highest BCUT2D eigenvalue weighted by atomic mass is 32.2. The van der Waals surface area contributed by atoms with Crippen molar-refractivity contribution in [2.75, 3.05) is 10.0 Å². The van der Waals surface area contributed by atoms with E-state index in [4.69, 9.17) is 0 Å². The molecule has 0 saturated carbocycles. The zero-order valence-corrected chi connectivity index (χ0v) is 14.6. The highest BCUT2D eigenvalue weighted by Gasteiger charge is 2.17. The average molecular weight is 360 g/mol. The number of thiophene rings is 1. The molecule has 0 radical (unpaired) electrons. The van der Waals surface area contributed by atoms with Gasteiger partial charge in [0.15, 0.2) is 11.6 Å². The van der Waals surface area contributed by atoms with Crippen molar-refractivity contribution in [3.63, 3.8) is 0 Å². The maximum atomic E-state index is 12.3. The van der Waals surface area contributed by atoms with Crippen LogP contribution in [-0.4, -0.2) is 18.6 Å². The van der Waals surface area contributed by atoms with Gasteiger partial charge in [0.2, 0.25) is 0 Å². The zero-order chi connectivity index (χ0) is 17.0. The van der Waals surface area contributed by atoms with E-state index in [9.17, 15) is 8.42 Å². The zero-order valence-electron chi connectivity index (χ0n) is 12.9. The van der Waals surface area contributed by atoms with E-state index in [-0.39, 0.29) is 10.0 Å². The molecule has 3 aromatic rings. The normalized spacial score (nSPS) is 11.2. The lowest BCUT2D eigenvalue weighted by Crippen LogP contribution is -2.13. The molecule has 3 rings (SSSR count). The largest absolute Gasteiger partial charge is 0.339 e. The molecule has 8 heteroatoms. The van der Waals surface area contributed by atoms with Crippen LogP contribution in [0.15, 0.2) is 58.8 Å². The highest BCUT2D eigenvalue weighted by molar-refractivity contribution is 7.94. The molecular weight excluding hydrogens is 344 g/mol. The van der Waals surface area contributed by atoms with Crippen LogP contribution in [0.3, 0.4) is 0 Å². The molecule has 0 aliphatic rings. The van der Waals surface area contributed by atoms with Crippen LogP contribution in [-0.2, 0) is 16.4 Å². The van der Waals surface area contributed by atoms with Gasteiger partial charge in [-0.2, -0.15) is 0 Å². The molecule has 24 heavy (non-hydrogen) atoms. The number of benzene rings is 1. The van der Waals surface area contributed by atoms with Crippen LogP contribution in [0.4, 0.5) is 17.3 Å². The number of anilines is 3. The van der Waals surface area contributed by atoms with Gasteiger partial charge in [0.25, 0.3) is 10.0 Å². The van der Waals surface area contributed by atoms with Crippen molar-refractivity contribution in [3.05, 3.63) is 59.5 Å². The Balaban J connectivity index is 1.71. The number of aromatic nitrogens is 2. The number of hydrogen-bond donors (Lipinski definition) is 2. The number of para-hydroxylation sites is 1. The number of sulfonamides is 1. The van der Waals surface area contributed by atoms with Crippen molar-refractivity contribution in [1.82, 2.24) is 10.2 Å². The molecule has 0 spiro atoms. The summed E-state index contributed by atoms with van der Waals surface area (Å²) >= 11 is 1.25. The summed E-state index contributed by atoms with van der Waals surface area (Å²) < 4.78 is 27.4. The Morgan fingerprint density at radius 2 is 1.67 bits per heavy atom. The first kappa shape index (κ1) is 16.4. The van der Waals surface area contributed by atoms with Crippen LogP contribution >= 0.6 is 11.3 Å². The van der Waals surface area contributed by atoms with Crippen molar-refractivity contribution in [1.29, 1.82) is 0 Å². The summed E-state index contributed by atoms with van der Waals surface area (Å²) in [7, 11) is -3.63. The first-order chi connectivity index (χ1) is 11.6. The summed E-state index contributed by atoms with van der Waals surface area (Å²) in [5.41, 5.74) is 0.880. The first-order valence-corrected chi connectivity index (χ1v) is 9.64. The molecule has 2 aromatic heterocycles. The third-order valence-electron chi connectivity index (χ3n) is 3.20. The molecule has 0 fully saturated rings. The van der Waals surface area contributed by atoms with E-state index in [1.54, 1.807) is 18.2 Å². The molecule has 0 aliphatic heterocycles. The van der Waals surface area contributed by atoms with Crippen molar-refractivity contribution in [3.8, 4) is 0 Å². The van der Waals surface area contributed by atoms with Gasteiger partial charge < -0.3 is 5.32 Å². The molecule has 0 amide bonds. The molecule has 0 unspecified atom stereocenters. The van der Waals surface area contributed by atoms with Crippen molar-refractivity contribution in [2.24, 2.45) is 0 Å². The Morgan fingerprint density at radius 1 is 0.958 bits per heavy atom. The summed E-state index contributed by atoms with van der Waals surface area (Å²) in [6.07, 6.45) is 0.805.